The molecule has 118 valence electrons. The van der Waals surface area contributed by atoms with Crippen LogP contribution in [-0.2, 0) is 17.6 Å². The number of carbonyl (C=O) groups is 1. The smallest absolute Gasteiger partial charge is 0.233 e. The van der Waals surface area contributed by atoms with Crippen LogP contribution in [0.5, 0.6) is 0 Å². The van der Waals surface area contributed by atoms with Crippen LogP contribution in [0, 0.1) is 0 Å². The molecule has 1 aliphatic rings. The molecule has 0 fully saturated rings. The van der Waals surface area contributed by atoms with Crippen molar-refractivity contribution >= 4 is 39.2 Å². The topological polar surface area (TPSA) is 54.9 Å². The van der Waals surface area contributed by atoms with E-state index in [0.717, 1.165) is 22.7 Å². The molecule has 1 aliphatic carbocycles. The molecule has 1 amide bonds. The van der Waals surface area contributed by atoms with Gasteiger partial charge in [0.25, 0.3) is 0 Å². The molecule has 0 aliphatic heterocycles. The molecule has 0 aromatic carbocycles. The number of nitrogens with zero attached hydrogens (tertiary/aromatic N) is 2. The van der Waals surface area contributed by atoms with E-state index in [1.165, 1.54) is 34.0 Å². The Labute approximate surface area is 139 Å². The van der Waals surface area contributed by atoms with E-state index in [4.69, 9.17) is 0 Å². The number of aromatic nitrogens is 2. The van der Waals surface area contributed by atoms with E-state index >= 15 is 0 Å². The van der Waals surface area contributed by atoms with Gasteiger partial charge in [-0.1, -0.05) is 11.8 Å². The Bertz CT molecular complexity index is 718. The molecule has 2 aromatic rings. The van der Waals surface area contributed by atoms with Gasteiger partial charge in [-0.25, -0.2) is 9.97 Å². The largest absolute Gasteiger partial charge is 0.351 e. The molecule has 1 atom stereocenters. The summed E-state index contributed by atoms with van der Waals surface area (Å²) in [6.07, 6.45) is 5.10. The summed E-state index contributed by atoms with van der Waals surface area (Å²) in [6.45, 7) is 7.93. The van der Waals surface area contributed by atoms with E-state index in [9.17, 15) is 4.79 Å². The molecular weight excluding hydrogens is 314 g/mol. The molecule has 0 saturated heterocycles. The lowest BCUT2D eigenvalue weighted by Gasteiger charge is -2.23. The first kappa shape index (κ1) is 15.7. The number of thiophene rings is 1. The van der Waals surface area contributed by atoms with Crippen molar-refractivity contribution in [2.24, 2.45) is 0 Å². The van der Waals surface area contributed by atoms with Gasteiger partial charge in [0.15, 0.2) is 0 Å². The van der Waals surface area contributed by atoms with E-state index in [2.05, 4.69) is 15.3 Å². The maximum Gasteiger partial charge on any atom is 0.233 e. The monoisotopic (exact) mass is 335 g/mol. The van der Waals surface area contributed by atoms with Crippen LogP contribution in [0.15, 0.2) is 11.4 Å². The van der Waals surface area contributed by atoms with Crippen molar-refractivity contribution < 1.29 is 4.79 Å². The number of aryl methyl sites for hydroxylation is 2. The highest BCUT2D eigenvalue weighted by Crippen LogP contribution is 2.40. The SMILES string of the molecule is C[C@H](Sc1ncnc2sc3c(c12)CCC3)C(=O)NC(C)(C)C. The highest BCUT2D eigenvalue weighted by Gasteiger charge is 2.25. The molecule has 2 heterocycles. The minimum Gasteiger partial charge on any atom is -0.351 e. The number of hydrogen-bond donors (Lipinski definition) is 1. The average Bonchev–Trinajstić information content (AvgIpc) is 2.96. The summed E-state index contributed by atoms with van der Waals surface area (Å²) >= 11 is 3.32. The lowest BCUT2D eigenvalue weighted by molar-refractivity contribution is -0.121. The van der Waals surface area contributed by atoms with Gasteiger partial charge in [0, 0.05) is 15.8 Å². The second-order valence-electron chi connectivity index (χ2n) is 6.72. The summed E-state index contributed by atoms with van der Waals surface area (Å²) in [6, 6.07) is 0. The number of amides is 1. The van der Waals surface area contributed by atoms with E-state index in [-0.39, 0.29) is 16.7 Å². The van der Waals surface area contributed by atoms with Crippen LogP contribution >= 0.6 is 23.1 Å². The molecule has 0 unspecified atom stereocenters. The fraction of sp³-hybridized carbons (Fsp3) is 0.562. The third-order valence-electron chi connectivity index (χ3n) is 3.62. The minimum atomic E-state index is -0.212. The Kier molecular flexibility index (Phi) is 4.16. The highest BCUT2D eigenvalue weighted by molar-refractivity contribution is 8.00. The molecule has 4 nitrogen and oxygen atoms in total. The van der Waals surface area contributed by atoms with Gasteiger partial charge in [0.2, 0.25) is 5.91 Å². The lowest BCUT2D eigenvalue weighted by Crippen LogP contribution is -2.44. The van der Waals surface area contributed by atoms with Gasteiger partial charge in [-0.15, -0.1) is 11.3 Å². The summed E-state index contributed by atoms with van der Waals surface area (Å²) in [7, 11) is 0. The fourth-order valence-electron chi connectivity index (χ4n) is 2.68. The van der Waals surface area contributed by atoms with Gasteiger partial charge in [0.1, 0.15) is 16.2 Å². The van der Waals surface area contributed by atoms with E-state index in [1.54, 1.807) is 17.7 Å². The number of hydrogen-bond acceptors (Lipinski definition) is 5. The molecule has 2 aromatic heterocycles. The Hall–Kier alpha value is -1.14. The molecule has 22 heavy (non-hydrogen) atoms. The van der Waals surface area contributed by atoms with Crippen LogP contribution in [0.3, 0.4) is 0 Å². The molecule has 0 bridgehead atoms. The number of carbonyl (C=O) groups excluding carboxylic acids is 1. The second-order valence-corrected chi connectivity index (χ2v) is 9.13. The van der Waals surface area contributed by atoms with E-state index < -0.39 is 0 Å². The van der Waals surface area contributed by atoms with Gasteiger partial charge < -0.3 is 5.32 Å². The van der Waals surface area contributed by atoms with Crippen LogP contribution in [0.25, 0.3) is 10.2 Å². The summed E-state index contributed by atoms with van der Waals surface area (Å²) in [5.41, 5.74) is 1.20. The molecule has 1 N–H and O–H groups in total. The standard InChI is InChI=1S/C16H21N3OS2/c1-9(13(20)19-16(2,3)4)21-14-12-10-6-5-7-11(10)22-15(12)18-8-17-14/h8-9H,5-7H2,1-4H3,(H,19,20)/t9-/m0/s1. The Balaban J connectivity index is 1.86. The van der Waals surface area contributed by atoms with Crippen molar-refractivity contribution in [2.45, 2.75) is 62.8 Å². The Morgan fingerprint density at radius 2 is 2.14 bits per heavy atom. The first-order chi connectivity index (χ1) is 10.3. The number of rotatable bonds is 3. The van der Waals surface area contributed by atoms with Crippen molar-refractivity contribution in [2.75, 3.05) is 0 Å². The van der Waals surface area contributed by atoms with E-state index in [1.807, 2.05) is 27.7 Å². The summed E-state index contributed by atoms with van der Waals surface area (Å²) in [4.78, 5) is 23.7. The summed E-state index contributed by atoms with van der Waals surface area (Å²) < 4.78 is 0. The van der Waals surface area contributed by atoms with Gasteiger partial charge in [-0.3, -0.25) is 4.79 Å². The molecule has 6 heteroatoms. The van der Waals surface area contributed by atoms with Gasteiger partial charge in [-0.2, -0.15) is 0 Å². The van der Waals surface area contributed by atoms with Crippen LogP contribution in [0.2, 0.25) is 0 Å². The fourth-order valence-corrected chi connectivity index (χ4v) is 4.92. The maximum absolute atomic E-state index is 12.3. The van der Waals surface area contributed by atoms with Crippen LogP contribution in [-0.4, -0.2) is 26.7 Å². The quantitative estimate of drug-likeness (QED) is 0.688. The summed E-state index contributed by atoms with van der Waals surface area (Å²) in [5, 5.41) is 4.99. The number of thioether (sulfide) groups is 1. The molecule has 0 saturated carbocycles. The number of nitrogens with one attached hydrogen (secondary N) is 1. The molecular formula is C16H21N3OS2. The zero-order valence-corrected chi connectivity index (χ0v) is 15.0. The predicted molar refractivity (Wildman–Crippen MR) is 92.7 cm³/mol. The predicted octanol–water partition coefficient (Wildman–Crippen LogP) is 3.58. The zero-order valence-electron chi connectivity index (χ0n) is 13.4. The van der Waals surface area contributed by atoms with Crippen LogP contribution in [0.4, 0.5) is 0 Å². The molecule has 3 rings (SSSR count). The third kappa shape index (κ3) is 3.13. The normalized spacial score (nSPS) is 15.8. The van der Waals surface area contributed by atoms with E-state index in [0.29, 0.717) is 0 Å². The van der Waals surface area contributed by atoms with Gasteiger partial charge in [0.05, 0.1) is 5.25 Å². The Morgan fingerprint density at radius 3 is 2.86 bits per heavy atom. The zero-order chi connectivity index (χ0) is 15.9. The van der Waals surface area contributed by atoms with Gasteiger partial charge >= 0.3 is 0 Å². The van der Waals surface area contributed by atoms with Crippen molar-refractivity contribution in [3.05, 3.63) is 16.8 Å². The van der Waals surface area contributed by atoms with Crippen molar-refractivity contribution in [1.82, 2.24) is 15.3 Å². The number of fused-ring (bicyclic) bond motifs is 3. The molecule has 0 spiro atoms. The first-order valence-electron chi connectivity index (χ1n) is 7.59. The average molecular weight is 335 g/mol. The molecule has 0 radical (unpaired) electrons. The highest BCUT2D eigenvalue weighted by atomic mass is 32.2. The van der Waals surface area contributed by atoms with Gasteiger partial charge in [-0.05, 0) is 52.5 Å². The lowest BCUT2D eigenvalue weighted by atomic mass is 10.1. The summed E-state index contributed by atoms with van der Waals surface area (Å²) in [5.74, 6) is 0.0520. The third-order valence-corrected chi connectivity index (χ3v) is 5.92. The van der Waals surface area contributed by atoms with Crippen LogP contribution in [0.1, 0.15) is 44.6 Å². The van der Waals surface area contributed by atoms with Crippen LogP contribution < -0.4 is 5.32 Å². The Morgan fingerprint density at radius 1 is 1.36 bits per heavy atom. The van der Waals surface area contributed by atoms with Crippen molar-refractivity contribution in [3.8, 4) is 0 Å². The van der Waals surface area contributed by atoms with Crippen molar-refractivity contribution in [3.63, 3.8) is 0 Å². The first-order valence-corrected chi connectivity index (χ1v) is 9.29. The minimum absolute atomic E-state index is 0.0520. The second kappa shape index (κ2) is 5.81. The van der Waals surface area contributed by atoms with Crippen molar-refractivity contribution in [1.29, 1.82) is 0 Å². The maximum atomic E-state index is 12.3.